The van der Waals surface area contributed by atoms with Crippen molar-refractivity contribution in [2.45, 2.75) is 132 Å². The Kier molecular flexibility index (Phi) is 8.13. The normalized spacial score (nSPS) is 46.4. The van der Waals surface area contributed by atoms with E-state index >= 15 is 0 Å². The number of benzene rings is 1. The zero-order valence-corrected chi connectivity index (χ0v) is 29.5. The molecule has 0 heterocycles. The number of hydrogen-bond donors (Lipinski definition) is 2. The fraction of sp³-hybridized carbons (Fsp3) is 0.800. The van der Waals surface area contributed by atoms with Crippen LogP contribution in [-0.4, -0.2) is 48.0 Å². The molecule has 0 amide bonds. The Bertz CT molecular complexity index is 1250. The number of fused-ring (bicyclic) bond motifs is 7. The van der Waals surface area contributed by atoms with E-state index in [1.807, 2.05) is 0 Å². The number of allylic oxidation sites excluding steroid dienone is 2. The summed E-state index contributed by atoms with van der Waals surface area (Å²) >= 11 is 0. The van der Waals surface area contributed by atoms with Crippen molar-refractivity contribution in [3.63, 3.8) is 0 Å². The smallest absolute Gasteiger partial charge is 0.0720 e. The molecule has 0 spiro atoms. The second kappa shape index (κ2) is 10.9. The van der Waals surface area contributed by atoms with Crippen molar-refractivity contribution < 1.29 is 14.9 Å². The Labute approximate surface area is 269 Å². The van der Waals surface area contributed by atoms with Crippen molar-refractivity contribution in [1.82, 2.24) is 4.90 Å². The molecule has 5 aliphatic carbocycles. The molecule has 246 valence electrons. The second-order valence-corrected chi connectivity index (χ2v) is 18.5. The van der Waals surface area contributed by atoms with Crippen molar-refractivity contribution >= 4 is 0 Å². The van der Waals surface area contributed by atoms with Gasteiger partial charge in [-0.05, 0) is 122 Å². The molecule has 4 nitrogen and oxygen atoms in total. The lowest BCUT2D eigenvalue weighted by Crippen LogP contribution is -2.66. The first kappa shape index (κ1) is 32.7. The Balaban J connectivity index is 1.29. The van der Waals surface area contributed by atoms with Gasteiger partial charge in [-0.2, -0.15) is 0 Å². The van der Waals surface area contributed by atoms with Crippen LogP contribution in [0.25, 0.3) is 0 Å². The number of ether oxygens (including phenoxy) is 1. The third-order valence-electron chi connectivity index (χ3n) is 15.2. The molecule has 44 heavy (non-hydrogen) atoms. The largest absolute Gasteiger partial charge is 0.396 e. The molecule has 4 saturated carbocycles. The number of hydrogen-bond acceptors (Lipinski definition) is 4. The number of aliphatic hydroxyl groups excluding tert-OH is 2. The molecular weight excluding hydrogens is 542 g/mol. The van der Waals surface area contributed by atoms with Crippen LogP contribution in [0, 0.1) is 50.2 Å². The van der Waals surface area contributed by atoms with Crippen LogP contribution in [0.5, 0.6) is 0 Å². The standard InChI is InChI=1S/C40H63NO3/c1-35(2)22-30-29-14-15-32-37(4)18-17-33(43)38(5,26-42)31(37)16-19-40(32,7)39(29,6)21-20-36(30,3)34(23-35)44-25-28-12-10-27(11-13-28)24-41(8)9/h10-14,30-34,42-43H,15-26H2,1-9H3/t30-,31+,32+,33-,34+,36+,37-,38+,39+,40+/m0/s1. The molecule has 1 aromatic carbocycles. The van der Waals surface area contributed by atoms with Gasteiger partial charge in [0, 0.05) is 17.4 Å². The first-order valence-electron chi connectivity index (χ1n) is 17.9. The van der Waals surface area contributed by atoms with E-state index in [2.05, 4.69) is 97.8 Å². The molecule has 0 radical (unpaired) electrons. The average Bonchev–Trinajstić information content (AvgIpc) is 2.95. The van der Waals surface area contributed by atoms with Crippen LogP contribution < -0.4 is 0 Å². The molecule has 4 heteroatoms. The summed E-state index contributed by atoms with van der Waals surface area (Å²) in [7, 11) is 4.24. The summed E-state index contributed by atoms with van der Waals surface area (Å²) in [5.41, 5.74) is 4.94. The van der Waals surface area contributed by atoms with Gasteiger partial charge in [-0.3, -0.25) is 0 Å². The van der Waals surface area contributed by atoms with Crippen molar-refractivity contribution in [1.29, 1.82) is 0 Å². The summed E-state index contributed by atoms with van der Waals surface area (Å²) < 4.78 is 6.99. The summed E-state index contributed by atoms with van der Waals surface area (Å²) in [6.45, 7) is 19.3. The minimum atomic E-state index is -0.395. The molecule has 5 aliphatic rings. The van der Waals surface area contributed by atoms with Crippen LogP contribution in [0.1, 0.15) is 117 Å². The van der Waals surface area contributed by atoms with Crippen LogP contribution in [-0.2, 0) is 17.9 Å². The number of aliphatic hydroxyl groups is 2. The molecule has 1 aromatic rings. The highest BCUT2D eigenvalue weighted by Gasteiger charge is 2.69. The molecular formula is C40H63NO3. The van der Waals surface area contributed by atoms with Gasteiger partial charge in [0.15, 0.2) is 0 Å². The topological polar surface area (TPSA) is 52.9 Å². The predicted molar refractivity (Wildman–Crippen MR) is 180 cm³/mol. The second-order valence-electron chi connectivity index (χ2n) is 18.5. The Morgan fingerprint density at radius 2 is 1.50 bits per heavy atom. The average molecular weight is 606 g/mol. The van der Waals surface area contributed by atoms with Crippen LogP contribution in [0.2, 0.25) is 0 Å². The van der Waals surface area contributed by atoms with Crippen molar-refractivity contribution in [2.24, 2.45) is 50.2 Å². The Morgan fingerprint density at radius 1 is 0.818 bits per heavy atom. The lowest BCUT2D eigenvalue weighted by molar-refractivity contribution is -0.220. The van der Waals surface area contributed by atoms with Gasteiger partial charge in [0.2, 0.25) is 0 Å². The highest BCUT2D eigenvalue weighted by atomic mass is 16.5. The van der Waals surface area contributed by atoms with Crippen LogP contribution in [0.4, 0.5) is 0 Å². The lowest BCUT2D eigenvalue weighted by Gasteiger charge is -2.71. The first-order valence-corrected chi connectivity index (χ1v) is 17.9. The first-order chi connectivity index (χ1) is 20.5. The van der Waals surface area contributed by atoms with Gasteiger partial charge >= 0.3 is 0 Å². The predicted octanol–water partition coefficient (Wildman–Crippen LogP) is 8.40. The van der Waals surface area contributed by atoms with Gasteiger partial charge in [-0.1, -0.05) is 84.4 Å². The van der Waals surface area contributed by atoms with Crippen molar-refractivity contribution in [2.75, 3.05) is 20.7 Å². The minimum absolute atomic E-state index is 0.0906. The van der Waals surface area contributed by atoms with Gasteiger partial charge in [0.25, 0.3) is 0 Å². The van der Waals surface area contributed by atoms with Gasteiger partial charge in [-0.15, -0.1) is 0 Å². The fourth-order valence-corrected chi connectivity index (χ4v) is 12.2. The van der Waals surface area contributed by atoms with E-state index in [-0.39, 0.29) is 39.8 Å². The zero-order chi connectivity index (χ0) is 31.9. The highest BCUT2D eigenvalue weighted by Crippen LogP contribution is 2.75. The summed E-state index contributed by atoms with van der Waals surface area (Å²) in [6, 6.07) is 9.04. The van der Waals surface area contributed by atoms with E-state index in [0.717, 1.165) is 38.6 Å². The number of rotatable bonds is 6. The molecule has 6 rings (SSSR count). The molecule has 10 atom stereocenters. The number of nitrogens with zero attached hydrogens (tertiary/aromatic N) is 1. The Morgan fingerprint density at radius 3 is 2.16 bits per heavy atom. The van der Waals surface area contributed by atoms with E-state index in [0.29, 0.717) is 24.4 Å². The van der Waals surface area contributed by atoms with Gasteiger partial charge in [-0.25, -0.2) is 0 Å². The van der Waals surface area contributed by atoms with Crippen LogP contribution in [0.15, 0.2) is 35.9 Å². The van der Waals surface area contributed by atoms with E-state index in [4.69, 9.17) is 4.74 Å². The van der Waals surface area contributed by atoms with E-state index < -0.39 is 11.5 Å². The highest BCUT2D eigenvalue weighted by molar-refractivity contribution is 5.34. The third-order valence-corrected chi connectivity index (χ3v) is 15.2. The molecule has 2 N–H and O–H groups in total. The molecule has 0 aliphatic heterocycles. The summed E-state index contributed by atoms with van der Waals surface area (Å²) in [6.07, 6.45) is 12.8. The maximum atomic E-state index is 11.1. The molecule has 0 bridgehead atoms. The van der Waals surface area contributed by atoms with Crippen LogP contribution in [0.3, 0.4) is 0 Å². The maximum absolute atomic E-state index is 11.1. The summed E-state index contributed by atoms with van der Waals surface area (Å²) in [5.74, 6) is 1.51. The van der Waals surface area contributed by atoms with Crippen LogP contribution >= 0.6 is 0 Å². The van der Waals surface area contributed by atoms with E-state index in [1.54, 1.807) is 5.57 Å². The molecule has 4 fully saturated rings. The Hall–Kier alpha value is -1.20. The monoisotopic (exact) mass is 605 g/mol. The lowest BCUT2D eigenvalue weighted by atomic mass is 9.33. The summed E-state index contributed by atoms with van der Waals surface area (Å²) in [5, 5.41) is 21.7. The molecule has 0 unspecified atom stereocenters. The fourth-order valence-electron chi connectivity index (χ4n) is 12.2. The van der Waals surface area contributed by atoms with E-state index in [1.165, 1.54) is 36.8 Å². The SMILES string of the molecule is CN(C)Cc1ccc(CO[C@@H]2CC(C)(C)C[C@H]3C4=CC[C@@H]5[C@@]6(C)CC[C@H](O)[C@](C)(CO)[C@@H]6CC[C@@]5(C)[C@]4(C)CC[C@@]23C)cc1. The van der Waals surface area contributed by atoms with Gasteiger partial charge < -0.3 is 19.8 Å². The molecule has 0 aromatic heterocycles. The van der Waals surface area contributed by atoms with Crippen molar-refractivity contribution in [3.8, 4) is 0 Å². The van der Waals surface area contributed by atoms with E-state index in [9.17, 15) is 10.2 Å². The minimum Gasteiger partial charge on any atom is -0.396 e. The van der Waals surface area contributed by atoms with Gasteiger partial charge in [0.1, 0.15) is 0 Å². The summed E-state index contributed by atoms with van der Waals surface area (Å²) in [4.78, 5) is 2.22. The maximum Gasteiger partial charge on any atom is 0.0720 e. The van der Waals surface area contributed by atoms with Crippen molar-refractivity contribution in [3.05, 3.63) is 47.0 Å². The quantitative estimate of drug-likeness (QED) is 0.320. The third kappa shape index (κ3) is 4.82. The van der Waals surface area contributed by atoms with Gasteiger partial charge in [0.05, 0.1) is 25.4 Å². The molecule has 0 saturated heterocycles. The zero-order valence-electron chi connectivity index (χ0n) is 29.5.